The molecule has 0 atom stereocenters. The number of halogens is 1. The van der Waals surface area contributed by atoms with Gasteiger partial charge in [-0.25, -0.2) is 12.7 Å². The zero-order valence-corrected chi connectivity index (χ0v) is 19.0. The van der Waals surface area contributed by atoms with Gasteiger partial charge in [0, 0.05) is 52.7 Å². The zero-order chi connectivity index (χ0) is 18.2. The first-order chi connectivity index (χ1) is 11.3. The van der Waals surface area contributed by atoms with Crippen LogP contribution in [0.3, 0.4) is 0 Å². The largest absolute Gasteiger partial charge is 0.357 e. The van der Waals surface area contributed by atoms with Crippen LogP contribution in [0.25, 0.3) is 0 Å². The lowest BCUT2D eigenvalue weighted by Gasteiger charge is -2.22. The first-order valence-corrected chi connectivity index (χ1v) is 9.96. The summed E-state index contributed by atoms with van der Waals surface area (Å²) in [5, 5.41) is 3.28. The number of rotatable bonds is 9. The number of aliphatic imine (C=N–C) groups is 1. The molecule has 0 fully saturated rings. The Morgan fingerprint density at radius 3 is 2.52 bits per heavy atom. The summed E-state index contributed by atoms with van der Waals surface area (Å²) in [6.07, 6.45) is 2.72. The number of hydrogen-bond acceptors (Lipinski definition) is 3. The van der Waals surface area contributed by atoms with Gasteiger partial charge in [-0.1, -0.05) is 0 Å². The summed E-state index contributed by atoms with van der Waals surface area (Å²) < 4.78 is 26.9. The minimum atomic E-state index is -3.11. The van der Waals surface area contributed by atoms with E-state index in [1.54, 1.807) is 14.0 Å². The molecule has 0 saturated heterocycles. The van der Waals surface area contributed by atoms with Crippen molar-refractivity contribution in [3.05, 3.63) is 24.0 Å². The van der Waals surface area contributed by atoms with Crippen LogP contribution in [0.4, 0.5) is 0 Å². The highest BCUT2D eigenvalue weighted by Gasteiger charge is 2.14. The van der Waals surface area contributed by atoms with E-state index in [0.29, 0.717) is 19.5 Å². The lowest BCUT2D eigenvalue weighted by atomic mass is 10.4. The average molecular weight is 485 g/mol. The van der Waals surface area contributed by atoms with Gasteiger partial charge in [-0.15, -0.1) is 24.0 Å². The van der Waals surface area contributed by atoms with Crippen LogP contribution in [0.2, 0.25) is 0 Å². The molecule has 146 valence electrons. The van der Waals surface area contributed by atoms with E-state index in [1.807, 2.05) is 33.3 Å². The topological polar surface area (TPSA) is 69.9 Å². The Balaban J connectivity index is 0.00000576. The van der Waals surface area contributed by atoms with Crippen molar-refractivity contribution < 1.29 is 8.42 Å². The SMILES string of the molecule is CCNC(=NCCCN(C)S(=O)(=O)CC)N(C)Cc1cccn1C.I. The van der Waals surface area contributed by atoms with Gasteiger partial charge < -0.3 is 14.8 Å². The molecule has 0 spiro atoms. The van der Waals surface area contributed by atoms with Gasteiger partial charge in [0.25, 0.3) is 0 Å². The molecule has 0 amide bonds. The van der Waals surface area contributed by atoms with Gasteiger partial charge in [0.1, 0.15) is 0 Å². The molecule has 25 heavy (non-hydrogen) atoms. The molecule has 0 aromatic carbocycles. The van der Waals surface area contributed by atoms with Crippen molar-refractivity contribution in [2.75, 3.05) is 39.5 Å². The number of aromatic nitrogens is 1. The Hall–Kier alpha value is -0.810. The van der Waals surface area contributed by atoms with Crippen molar-refractivity contribution in [3.63, 3.8) is 0 Å². The van der Waals surface area contributed by atoms with Crippen molar-refractivity contribution >= 4 is 40.0 Å². The Bertz CT molecular complexity index is 630. The molecule has 1 aromatic heterocycles. The third-order valence-electron chi connectivity index (χ3n) is 3.88. The number of nitrogens with zero attached hydrogens (tertiary/aromatic N) is 4. The molecule has 7 nitrogen and oxygen atoms in total. The van der Waals surface area contributed by atoms with Crippen LogP contribution in [-0.4, -0.2) is 67.6 Å². The zero-order valence-electron chi connectivity index (χ0n) is 15.9. The molecular weight excluding hydrogens is 453 g/mol. The maximum Gasteiger partial charge on any atom is 0.213 e. The smallest absolute Gasteiger partial charge is 0.213 e. The fourth-order valence-corrected chi connectivity index (χ4v) is 3.13. The highest BCUT2D eigenvalue weighted by Crippen LogP contribution is 2.04. The number of hydrogen-bond donors (Lipinski definition) is 1. The Morgan fingerprint density at radius 1 is 1.32 bits per heavy atom. The predicted molar refractivity (Wildman–Crippen MR) is 115 cm³/mol. The quantitative estimate of drug-likeness (QED) is 0.250. The van der Waals surface area contributed by atoms with Gasteiger partial charge in [0.2, 0.25) is 10.0 Å². The Morgan fingerprint density at radius 2 is 2.00 bits per heavy atom. The summed E-state index contributed by atoms with van der Waals surface area (Å²) >= 11 is 0. The summed E-state index contributed by atoms with van der Waals surface area (Å²) in [6, 6.07) is 4.11. The lowest BCUT2D eigenvalue weighted by Crippen LogP contribution is -2.39. The molecule has 0 radical (unpaired) electrons. The summed E-state index contributed by atoms with van der Waals surface area (Å²) in [7, 11) is 2.54. The summed E-state index contributed by atoms with van der Waals surface area (Å²) in [5.41, 5.74) is 1.21. The Kier molecular flexibility index (Phi) is 11.4. The molecule has 1 N–H and O–H groups in total. The van der Waals surface area contributed by atoms with Gasteiger partial charge >= 0.3 is 0 Å². The van der Waals surface area contributed by atoms with Crippen LogP contribution in [-0.2, 0) is 23.6 Å². The second-order valence-electron chi connectivity index (χ2n) is 5.78. The molecule has 1 aromatic rings. The highest BCUT2D eigenvalue weighted by atomic mass is 127. The number of aryl methyl sites for hydroxylation is 1. The van der Waals surface area contributed by atoms with Crippen LogP contribution >= 0.6 is 24.0 Å². The lowest BCUT2D eigenvalue weighted by molar-refractivity contribution is 0.453. The second-order valence-corrected chi connectivity index (χ2v) is 8.14. The van der Waals surface area contributed by atoms with Crippen molar-refractivity contribution in [3.8, 4) is 0 Å². The third kappa shape index (κ3) is 7.95. The monoisotopic (exact) mass is 485 g/mol. The first kappa shape index (κ1) is 24.2. The fraction of sp³-hybridized carbons (Fsp3) is 0.688. The molecule has 1 rings (SSSR count). The molecule has 0 aliphatic carbocycles. The molecule has 0 bridgehead atoms. The van der Waals surface area contributed by atoms with E-state index in [1.165, 1.54) is 10.00 Å². The second kappa shape index (κ2) is 11.7. The van der Waals surface area contributed by atoms with Gasteiger partial charge in [0.15, 0.2) is 5.96 Å². The van der Waals surface area contributed by atoms with Crippen LogP contribution in [0, 0.1) is 0 Å². The summed E-state index contributed by atoms with van der Waals surface area (Å²) in [6.45, 7) is 6.32. The van der Waals surface area contributed by atoms with E-state index in [2.05, 4.69) is 25.8 Å². The van der Waals surface area contributed by atoms with E-state index in [4.69, 9.17) is 0 Å². The number of nitrogens with one attached hydrogen (secondary N) is 1. The number of sulfonamides is 1. The molecular formula is C16H32IN5O2S. The average Bonchev–Trinajstić information content (AvgIpc) is 2.94. The van der Waals surface area contributed by atoms with Gasteiger partial charge in [-0.05, 0) is 32.4 Å². The molecule has 0 saturated carbocycles. The van der Waals surface area contributed by atoms with Crippen molar-refractivity contribution in [1.82, 2.24) is 19.1 Å². The molecule has 1 heterocycles. The van der Waals surface area contributed by atoms with Crippen LogP contribution in [0.1, 0.15) is 26.0 Å². The Labute approximate surface area is 169 Å². The van der Waals surface area contributed by atoms with Gasteiger partial charge in [-0.3, -0.25) is 4.99 Å². The molecule has 0 unspecified atom stereocenters. The minimum Gasteiger partial charge on any atom is -0.357 e. The highest BCUT2D eigenvalue weighted by molar-refractivity contribution is 14.0. The van der Waals surface area contributed by atoms with E-state index in [-0.39, 0.29) is 29.7 Å². The van der Waals surface area contributed by atoms with Crippen molar-refractivity contribution in [2.45, 2.75) is 26.8 Å². The predicted octanol–water partition coefficient (Wildman–Crippen LogP) is 1.71. The van der Waals surface area contributed by atoms with Gasteiger partial charge in [-0.2, -0.15) is 0 Å². The first-order valence-electron chi connectivity index (χ1n) is 8.35. The fourth-order valence-electron chi connectivity index (χ4n) is 2.29. The molecule has 9 heteroatoms. The van der Waals surface area contributed by atoms with Crippen LogP contribution in [0.5, 0.6) is 0 Å². The van der Waals surface area contributed by atoms with E-state index in [9.17, 15) is 8.42 Å². The van der Waals surface area contributed by atoms with E-state index in [0.717, 1.165) is 19.0 Å². The van der Waals surface area contributed by atoms with Crippen molar-refractivity contribution in [1.29, 1.82) is 0 Å². The van der Waals surface area contributed by atoms with Crippen LogP contribution in [0.15, 0.2) is 23.3 Å². The summed E-state index contributed by atoms with van der Waals surface area (Å²) in [5.74, 6) is 0.967. The standard InChI is InChI=1S/C16H31N5O2S.HI/c1-6-17-16(20(4)14-15-10-8-12-19(15)3)18-11-9-13-21(5)24(22,23)7-2;/h8,10,12H,6-7,9,11,13-14H2,1-5H3,(H,17,18);1H. The van der Waals surface area contributed by atoms with Gasteiger partial charge in [0.05, 0.1) is 12.3 Å². The normalized spacial score (nSPS) is 12.2. The minimum absolute atomic E-state index is 0. The molecule has 0 aliphatic heterocycles. The maximum atomic E-state index is 11.7. The number of guanidine groups is 1. The van der Waals surface area contributed by atoms with Crippen molar-refractivity contribution in [2.24, 2.45) is 12.0 Å². The molecule has 0 aliphatic rings. The summed E-state index contributed by atoms with van der Waals surface area (Å²) in [4.78, 5) is 6.68. The maximum absolute atomic E-state index is 11.7. The van der Waals surface area contributed by atoms with E-state index < -0.39 is 10.0 Å². The van der Waals surface area contributed by atoms with Crippen LogP contribution < -0.4 is 5.32 Å². The van der Waals surface area contributed by atoms with E-state index >= 15 is 0 Å². The third-order valence-corrected chi connectivity index (χ3v) is 5.74.